The third-order valence-corrected chi connectivity index (χ3v) is 57.3. The summed E-state index contributed by atoms with van der Waals surface area (Å²) in [4.78, 5) is 0. The van der Waals surface area contributed by atoms with Crippen molar-refractivity contribution in [2.24, 2.45) is 0 Å². The predicted molar refractivity (Wildman–Crippen MR) is 125 cm³/mol. The van der Waals surface area contributed by atoms with Gasteiger partial charge < -0.3 is 0 Å². The Bertz CT molecular complexity index is 887. The van der Waals surface area contributed by atoms with Gasteiger partial charge in [0.05, 0.1) is 0 Å². The van der Waals surface area contributed by atoms with Crippen LogP contribution in [-0.2, 0) is 15.6 Å². The Balaban J connectivity index is 1.98. The van der Waals surface area contributed by atoms with E-state index >= 15 is 0 Å². The van der Waals surface area contributed by atoms with Gasteiger partial charge in [-0.3, -0.25) is 0 Å². The Labute approximate surface area is 178 Å². The number of hydrogen-bond acceptors (Lipinski definition) is 0. The van der Waals surface area contributed by atoms with E-state index in [0.29, 0.717) is 11.1 Å². The van der Waals surface area contributed by atoms with Gasteiger partial charge in [0.2, 0.25) is 0 Å². The molecule has 0 fully saturated rings. The Hall–Kier alpha value is -0.400. The summed E-state index contributed by atoms with van der Waals surface area (Å²) in [5.41, 5.74) is 6.45. The van der Waals surface area contributed by atoms with E-state index in [1.165, 1.54) is 22.3 Å². The van der Waals surface area contributed by atoms with Crippen molar-refractivity contribution in [2.45, 2.75) is 46.0 Å². The van der Waals surface area contributed by atoms with Crippen molar-refractivity contribution in [3.8, 4) is 0 Å². The molecule has 0 aliphatic heterocycles. The van der Waals surface area contributed by atoms with Crippen LogP contribution in [0.1, 0.15) is 57.2 Å². The SMILES string of the molecule is CC(C)[SiH](C(C)C)[Zr]([Cl])([Cl])([CH]1C=Cc2ccccc21)[CH]1C=Cc2ccccc21. The van der Waals surface area contributed by atoms with Gasteiger partial charge in [0.1, 0.15) is 0 Å². The fraction of sp³-hybridized carbons (Fsp3) is 0.333. The first-order valence-electron chi connectivity index (χ1n) is 10.4. The van der Waals surface area contributed by atoms with Crippen LogP contribution in [0.15, 0.2) is 60.7 Å². The first-order chi connectivity index (χ1) is 13.2. The van der Waals surface area contributed by atoms with Crippen LogP contribution < -0.4 is 0 Å². The van der Waals surface area contributed by atoms with Crippen LogP contribution in [-0.4, -0.2) is 5.92 Å². The molecule has 0 radical (unpaired) electrons. The second-order valence-electron chi connectivity index (χ2n) is 9.17. The molecule has 2 aliphatic carbocycles. The maximum absolute atomic E-state index is 8.15. The number of halogens is 2. The summed E-state index contributed by atoms with van der Waals surface area (Å²) in [6.45, 7) is 9.46. The van der Waals surface area contributed by atoms with Gasteiger partial charge >= 0.3 is 180 Å². The minimum atomic E-state index is -4.43. The van der Waals surface area contributed by atoms with Gasteiger partial charge in [0, 0.05) is 0 Å². The molecule has 0 aromatic heterocycles. The zero-order chi connectivity index (χ0) is 20.1. The molecule has 0 saturated carbocycles. The van der Waals surface area contributed by atoms with Crippen molar-refractivity contribution in [3.05, 3.63) is 82.9 Å². The Morgan fingerprint density at radius 2 is 1.11 bits per heavy atom. The first-order valence-corrected chi connectivity index (χ1v) is 25.7. The second kappa shape index (κ2) is 7.38. The number of hydrogen-bond donors (Lipinski definition) is 0. The molecule has 28 heavy (non-hydrogen) atoms. The number of benzene rings is 2. The summed E-state index contributed by atoms with van der Waals surface area (Å²) >= 11 is -4.43. The standard InChI is InChI=1S/2C9H7.C6H15Si.2ClH.Zr/c2*1-2-5-9-7-3-6-8(9)4-1;1-5(2)7-6(3)4;;;/h2*1-7H;5-7H,1-4H3;2*1H;/q;;;;;+2/p-2. The van der Waals surface area contributed by atoms with Crippen LogP contribution in [0.25, 0.3) is 12.2 Å². The van der Waals surface area contributed by atoms with Crippen molar-refractivity contribution in [1.82, 2.24) is 0 Å². The van der Waals surface area contributed by atoms with Gasteiger partial charge in [-0.2, -0.15) is 0 Å². The molecule has 2 atom stereocenters. The van der Waals surface area contributed by atoms with E-state index in [9.17, 15) is 0 Å². The molecular formula is C24H29Cl2SiZr. The molecule has 0 N–H and O–H groups in total. The molecule has 2 aliphatic rings. The average Bonchev–Trinajstić information content (AvgIpc) is 3.26. The molecule has 2 unspecified atom stereocenters. The van der Waals surface area contributed by atoms with Crippen LogP contribution in [0.4, 0.5) is 0 Å². The van der Waals surface area contributed by atoms with Gasteiger partial charge in [-0.25, -0.2) is 0 Å². The van der Waals surface area contributed by atoms with Crippen molar-refractivity contribution < 1.29 is 15.6 Å². The second-order valence-corrected chi connectivity index (χ2v) is 49.7. The Kier molecular flexibility index (Phi) is 5.50. The van der Waals surface area contributed by atoms with E-state index in [1.54, 1.807) is 0 Å². The van der Waals surface area contributed by atoms with E-state index in [0.717, 1.165) is 0 Å². The number of rotatable bonds is 5. The summed E-state index contributed by atoms with van der Waals surface area (Å²) in [6.07, 6.45) is 9.23. The van der Waals surface area contributed by atoms with E-state index in [2.05, 4.69) is 101 Å². The maximum atomic E-state index is 8.15. The van der Waals surface area contributed by atoms with Crippen molar-refractivity contribution in [1.29, 1.82) is 0 Å². The molecule has 2 aromatic carbocycles. The van der Waals surface area contributed by atoms with Gasteiger partial charge in [0.15, 0.2) is 0 Å². The molecule has 147 valence electrons. The van der Waals surface area contributed by atoms with Crippen LogP contribution in [0.5, 0.6) is 0 Å². The van der Waals surface area contributed by atoms with Crippen molar-refractivity contribution >= 4 is 35.1 Å². The van der Waals surface area contributed by atoms with Gasteiger partial charge in [-0.15, -0.1) is 0 Å². The third-order valence-electron chi connectivity index (χ3n) is 6.86. The summed E-state index contributed by atoms with van der Waals surface area (Å²) in [5.74, 6) is -1.51. The summed E-state index contributed by atoms with van der Waals surface area (Å²) < 4.78 is 0.395. The molecule has 0 amide bonds. The zero-order valence-corrected chi connectivity index (χ0v) is 22.2. The fourth-order valence-electron chi connectivity index (χ4n) is 6.11. The molecule has 0 saturated heterocycles. The van der Waals surface area contributed by atoms with E-state index in [4.69, 9.17) is 17.0 Å². The topological polar surface area (TPSA) is 0 Å². The molecule has 0 heterocycles. The van der Waals surface area contributed by atoms with Crippen LogP contribution >= 0.6 is 17.0 Å². The van der Waals surface area contributed by atoms with Gasteiger partial charge in [0.25, 0.3) is 0 Å². The monoisotopic (exact) mass is 505 g/mol. The summed E-state index contributed by atoms with van der Waals surface area (Å²) in [5, 5.41) is 0. The van der Waals surface area contributed by atoms with Crippen LogP contribution in [0.3, 0.4) is 0 Å². The van der Waals surface area contributed by atoms with Crippen molar-refractivity contribution in [2.75, 3.05) is 0 Å². The number of allylic oxidation sites excluding steroid dienone is 2. The molecule has 2 aromatic rings. The zero-order valence-electron chi connectivity index (χ0n) is 17.1. The van der Waals surface area contributed by atoms with E-state index < -0.39 is 21.5 Å². The van der Waals surface area contributed by atoms with E-state index in [-0.39, 0.29) is 7.25 Å². The molecule has 0 spiro atoms. The molecule has 0 nitrogen and oxygen atoms in total. The Morgan fingerprint density at radius 3 is 1.50 bits per heavy atom. The average molecular weight is 508 g/mol. The molecule has 4 heteroatoms. The van der Waals surface area contributed by atoms with Crippen LogP contribution in [0.2, 0.25) is 11.1 Å². The predicted octanol–water partition coefficient (Wildman–Crippen LogP) is 8.06. The molecular weight excluding hydrogens is 478 g/mol. The quantitative estimate of drug-likeness (QED) is 0.359. The van der Waals surface area contributed by atoms with Crippen molar-refractivity contribution in [3.63, 3.8) is 0 Å². The van der Waals surface area contributed by atoms with Gasteiger partial charge in [-0.1, -0.05) is 0 Å². The third kappa shape index (κ3) is 3.02. The number of fused-ring (bicyclic) bond motifs is 2. The summed E-state index contributed by atoms with van der Waals surface area (Å²) in [7, 11) is 16.3. The normalized spacial score (nSPS) is 22.0. The fourth-order valence-corrected chi connectivity index (χ4v) is 69.2. The Morgan fingerprint density at radius 1 is 0.714 bits per heavy atom. The molecule has 4 rings (SSSR count). The molecule has 0 bridgehead atoms. The van der Waals surface area contributed by atoms with Crippen LogP contribution in [0, 0.1) is 0 Å². The minimum absolute atomic E-state index is 0.197. The van der Waals surface area contributed by atoms with E-state index in [1.807, 2.05) is 0 Å². The van der Waals surface area contributed by atoms with Gasteiger partial charge in [-0.05, 0) is 0 Å². The summed E-state index contributed by atoms with van der Waals surface area (Å²) in [6, 6.07) is 17.4. The first kappa shape index (κ1) is 20.9.